The van der Waals surface area contributed by atoms with Crippen molar-refractivity contribution in [1.82, 2.24) is 20.3 Å². The molecule has 1 amide bonds. The van der Waals surface area contributed by atoms with Crippen LogP contribution in [0.1, 0.15) is 55.0 Å². The first kappa shape index (κ1) is 26.9. The Morgan fingerprint density at radius 2 is 1.87 bits per heavy atom. The Hall–Kier alpha value is -5.51. The average Bonchev–Trinajstić information content (AvgIpc) is 3.85. The van der Waals surface area contributed by atoms with Crippen LogP contribution in [0.15, 0.2) is 75.8 Å². The van der Waals surface area contributed by atoms with Crippen molar-refractivity contribution in [1.29, 1.82) is 0 Å². The molecule has 3 aromatic carbocycles. The number of H-pyrrole nitrogens is 1. The van der Waals surface area contributed by atoms with Gasteiger partial charge in [-0.1, -0.05) is 44.2 Å². The minimum absolute atomic E-state index is 0.0191. The van der Waals surface area contributed by atoms with Gasteiger partial charge in [0, 0.05) is 40.4 Å². The van der Waals surface area contributed by atoms with Gasteiger partial charge in [0.25, 0.3) is 0 Å². The lowest BCUT2D eigenvalue weighted by Gasteiger charge is -2.23. The number of hydrogen-bond acceptors (Lipinski definition) is 8. The SMILES string of the molecule is COc1ccc2c3c(c[nH]c13)-c1cnc(o1)-c1nc3oc1C1c4cc(ccc4OC1Nc1ccccc1-2)CCC(=O)NC3C(C)C. The first-order chi connectivity index (χ1) is 22.5. The van der Waals surface area contributed by atoms with Crippen LogP contribution in [0.25, 0.3) is 44.9 Å². The number of anilines is 1. The molecule has 10 nitrogen and oxygen atoms in total. The zero-order valence-corrected chi connectivity index (χ0v) is 25.5. The monoisotopic (exact) mass is 613 g/mol. The van der Waals surface area contributed by atoms with Crippen LogP contribution in [0.3, 0.4) is 0 Å². The number of aryl methyl sites for hydroxylation is 1. The molecule has 0 radical (unpaired) electrons. The summed E-state index contributed by atoms with van der Waals surface area (Å²) in [5.41, 5.74) is 7.05. The molecule has 3 atom stereocenters. The third-order valence-electron chi connectivity index (χ3n) is 9.31. The van der Waals surface area contributed by atoms with E-state index in [2.05, 4.69) is 39.9 Å². The smallest absolute Gasteiger partial charge is 0.249 e. The predicted molar refractivity (Wildman–Crippen MR) is 172 cm³/mol. The molecule has 0 fully saturated rings. The van der Waals surface area contributed by atoms with E-state index in [4.69, 9.17) is 28.3 Å². The number of aromatic amines is 1. The van der Waals surface area contributed by atoms with Crippen LogP contribution in [0.2, 0.25) is 0 Å². The summed E-state index contributed by atoms with van der Waals surface area (Å²) in [6.07, 6.45) is 4.05. The molecule has 10 heteroatoms. The molecule has 6 heterocycles. The number of oxazole rings is 2. The van der Waals surface area contributed by atoms with E-state index in [1.807, 2.05) is 50.4 Å². The maximum atomic E-state index is 13.1. The van der Waals surface area contributed by atoms with Gasteiger partial charge in [0.1, 0.15) is 23.5 Å². The lowest BCUT2D eigenvalue weighted by atomic mass is 9.92. The van der Waals surface area contributed by atoms with Gasteiger partial charge in [0.05, 0.1) is 18.8 Å². The minimum Gasteiger partial charge on any atom is -0.495 e. The van der Waals surface area contributed by atoms with E-state index in [1.54, 1.807) is 13.3 Å². The first-order valence-electron chi connectivity index (χ1n) is 15.6. The number of para-hydroxylation sites is 1. The van der Waals surface area contributed by atoms with Crippen molar-refractivity contribution in [3.05, 3.63) is 89.8 Å². The van der Waals surface area contributed by atoms with E-state index < -0.39 is 18.2 Å². The molecule has 230 valence electrons. The van der Waals surface area contributed by atoms with Crippen molar-refractivity contribution in [2.45, 2.75) is 44.9 Å². The quantitative estimate of drug-likeness (QED) is 0.187. The second-order valence-electron chi connectivity index (χ2n) is 12.4. The number of amides is 1. The van der Waals surface area contributed by atoms with E-state index in [0.717, 1.165) is 55.9 Å². The number of rotatable bonds is 2. The largest absolute Gasteiger partial charge is 0.495 e. The number of nitrogens with zero attached hydrogens (tertiary/aromatic N) is 2. The topological polar surface area (TPSA) is 127 Å². The molecular formula is C36H31N5O5. The van der Waals surface area contributed by atoms with E-state index >= 15 is 0 Å². The zero-order valence-electron chi connectivity index (χ0n) is 25.5. The van der Waals surface area contributed by atoms with Crippen molar-refractivity contribution in [2.75, 3.05) is 12.4 Å². The van der Waals surface area contributed by atoms with Crippen LogP contribution < -0.4 is 20.1 Å². The summed E-state index contributed by atoms with van der Waals surface area (Å²) in [5, 5.41) is 7.85. The third-order valence-corrected chi connectivity index (χ3v) is 9.31. The summed E-state index contributed by atoms with van der Waals surface area (Å²) in [7, 11) is 1.66. The summed E-state index contributed by atoms with van der Waals surface area (Å²) in [6.45, 7) is 4.08. The van der Waals surface area contributed by atoms with Crippen LogP contribution in [0.4, 0.5) is 5.69 Å². The molecule has 3 N–H and O–H groups in total. The lowest BCUT2D eigenvalue weighted by molar-refractivity contribution is -0.122. The molecule has 3 unspecified atom stereocenters. The number of aromatic nitrogens is 3. The van der Waals surface area contributed by atoms with Gasteiger partial charge in [-0.05, 0) is 47.7 Å². The van der Waals surface area contributed by atoms with Crippen molar-refractivity contribution < 1.29 is 23.1 Å². The van der Waals surface area contributed by atoms with Crippen LogP contribution in [-0.2, 0) is 11.2 Å². The van der Waals surface area contributed by atoms with Gasteiger partial charge in [-0.25, -0.2) is 9.97 Å². The highest BCUT2D eigenvalue weighted by molar-refractivity contribution is 6.08. The number of nitrogens with one attached hydrogen (secondary N) is 3. The van der Waals surface area contributed by atoms with Gasteiger partial charge in [0.2, 0.25) is 17.7 Å². The van der Waals surface area contributed by atoms with Gasteiger partial charge >= 0.3 is 0 Å². The fourth-order valence-corrected chi connectivity index (χ4v) is 7.04. The summed E-state index contributed by atoms with van der Waals surface area (Å²) < 4.78 is 25.7. The molecule has 3 aliphatic rings. The zero-order chi connectivity index (χ0) is 31.1. The van der Waals surface area contributed by atoms with Crippen molar-refractivity contribution >= 4 is 22.5 Å². The van der Waals surface area contributed by atoms with Gasteiger partial charge in [-0.15, -0.1) is 0 Å². The van der Waals surface area contributed by atoms with E-state index in [9.17, 15) is 4.79 Å². The second-order valence-corrected chi connectivity index (χ2v) is 12.4. The molecule has 3 aliphatic heterocycles. The number of carbonyl (C=O) groups excluding carboxylic acids is 1. The Morgan fingerprint density at radius 1 is 0.978 bits per heavy atom. The van der Waals surface area contributed by atoms with Crippen molar-refractivity contribution in [3.63, 3.8) is 0 Å². The highest BCUT2D eigenvalue weighted by atomic mass is 16.5. The average molecular weight is 614 g/mol. The molecule has 3 aromatic heterocycles. The summed E-state index contributed by atoms with van der Waals surface area (Å²) in [6, 6.07) is 17.9. The van der Waals surface area contributed by atoms with E-state index in [1.165, 1.54) is 0 Å². The van der Waals surface area contributed by atoms with Crippen LogP contribution >= 0.6 is 0 Å². The minimum atomic E-state index is -0.546. The second kappa shape index (κ2) is 10.00. The normalized spacial score (nSPS) is 19.6. The number of carbonyl (C=O) groups is 1. The molecule has 6 aromatic rings. The number of fused-ring (bicyclic) bond motifs is 8. The lowest BCUT2D eigenvalue weighted by Crippen LogP contribution is -2.32. The molecule has 9 rings (SSSR count). The van der Waals surface area contributed by atoms with Gasteiger partial charge in [-0.3, -0.25) is 4.79 Å². The van der Waals surface area contributed by atoms with Crippen molar-refractivity contribution in [2.24, 2.45) is 5.92 Å². The molecule has 0 saturated heterocycles. The van der Waals surface area contributed by atoms with Gasteiger partial charge < -0.3 is 33.9 Å². The number of hydrogen-bond donors (Lipinski definition) is 3. The molecule has 6 bridgehead atoms. The van der Waals surface area contributed by atoms with Crippen LogP contribution in [0, 0.1) is 5.92 Å². The maximum absolute atomic E-state index is 13.1. The predicted octanol–water partition coefficient (Wildman–Crippen LogP) is 7.19. The highest BCUT2D eigenvalue weighted by Gasteiger charge is 2.43. The fraction of sp³-hybridized carbons (Fsp3) is 0.250. The van der Waals surface area contributed by atoms with Crippen LogP contribution in [0.5, 0.6) is 11.5 Å². The van der Waals surface area contributed by atoms with Gasteiger partial charge in [-0.2, -0.15) is 0 Å². The Morgan fingerprint density at radius 3 is 2.74 bits per heavy atom. The molecule has 0 aliphatic carbocycles. The Kier molecular flexibility index (Phi) is 5.84. The number of methoxy groups -OCH3 is 1. The van der Waals surface area contributed by atoms with Crippen LogP contribution in [-0.4, -0.2) is 34.2 Å². The summed E-state index contributed by atoms with van der Waals surface area (Å²) >= 11 is 0. The van der Waals surface area contributed by atoms with E-state index in [0.29, 0.717) is 41.8 Å². The molecule has 46 heavy (non-hydrogen) atoms. The highest BCUT2D eigenvalue weighted by Crippen LogP contribution is 2.49. The Balaban J connectivity index is 1.35. The number of benzene rings is 3. The Labute approximate surface area is 264 Å². The standard InChI is InChI=1S/C36H31N5O5/c1-17(2)30-36-41-32-33(46-36)29-21-14-18(9-13-27(42)40-30)8-11-24(21)44-34(29)39-23-7-5-4-6-19(23)20-10-12-25(43-3)31-28(20)22(15-37-31)26-16-38-35(32)45-26/h4-8,10-12,14-17,29-30,34,37,39H,9,13H2,1-3H3,(H,40,42). The summed E-state index contributed by atoms with van der Waals surface area (Å²) in [4.78, 5) is 26.3. The van der Waals surface area contributed by atoms with E-state index in [-0.39, 0.29) is 11.8 Å². The Bertz CT molecular complexity index is 2170. The molecule has 0 saturated carbocycles. The van der Waals surface area contributed by atoms with Gasteiger partial charge in [0.15, 0.2) is 23.4 Å². The number of ether oxygens (including phenoxy) is 2. The first-order valence-corrected chi connectivity index (χ1v) is 15.6. The maximum Gasteiger partial charge on any atom is 0.249 e. The van der Waals surface area contributed by atoms with Crippen molar-refractivity contribution in [3.8, 4) is 45.5 Å². The molecule has 0 spiro atoms. The summed E-state index contributed by atoms with van der Waals surface area (Å²) in [5.74, 6) is 2.89. The third kappa shape index (κ3) is 3.99. The fourth-order valence-electron chi connectivity index (χ4n) is 7.04. The molecular weight excluding hydrogens is 582 g/mol.